The van der Waals surface area contributed by atoms with E-state index in [1.54, 1.807) is 6.92 Å². The van der Waals surface area contributed by atoms with Crippen LogP contribution >= 0.6 is 0 Å². The molecular weight excluding hydrogens is 575 g/mol. The fourth-order valence-corrected chi connectivity index (χ4v) is 11.1. The molecule has 2 aliphatic heterocycles. The number of hydrogen-bond donors (Lipinski definition) is 0. The van der Waals surface area contributed by atoms with Gasteiger partial charge < -0.3 is 18.8 Å². The molecule has 3 aromatic rings. The van der Waals surface area contributed by atoms with E-state index in [4.69, 9.17) is 18.0 Å². The van der Waals surface area contributed by atoms with E-state index in [-0.39, 0.29) is 35.8 Å². The number of nitrogens with zero attached hydrogens (tertiary/aromatic N) is 6. The zero-order chi connectivity index (χ0) is 34.0. The van der Waals surface area contributed by atoms with E-state index in [2.05, 4.69) is 60.0 Å². The minimum absolute atomic E-state index is 0.00397. The third kappa shape index (κ3) is 6.64. The maximum atomic E-state index is 14.3. The molecule has 0 saturated carbocycles. The first-order valence-electron chi connectivity index (χ1n) is 16.5. The van der Waals surface area contributed by atoms with Crippen molar-refractivity contribution in [3.63, 3.8) is 0 Å². The average Bonchev–Trinajstić information content (AvgIpc) is 3.33. The summed E-state index contributed by atoms with van der Waals surface area (Å²) in [6.07, 6.45) is -2.06. The fraction of sp³-hybridized carbons (Fsp3) is 0.515. The number of alkyl halides is 1. The number of rotatable bonds is 8. The van der Waals surface area contributed by atoms with Gasteiger partial charge in [-0.25, -0.2) is 4.39 Å². The predicted molar refractivity (Wildman–Crippen MR) is 171 cm³/mol. The van der Waals surface area contributed by atoms with Crippen LogP contribution in [0.5, 0.6) is 6.01 Å². The van der Waals surface area contributed by atoms with Gasteiger partial charge in [0.1, 0.15) is 18.3 Å². The Hall–Kier alpha value is -3.43. The molecule has 0 aliphatic carbocycles. The Labute approximate surface area is 265 Å². The van der Waals surface area contributed by atoms with Gasteiger partial charge >= 0.3 is 6.01 Å². The van der Waals surface area contributed by atoms with Crippen LogP contribution in [0.3, 0.4) is 0 Å². The second kappa shape index (κ2) is 12.9. The van der Waals surface area contributed by atoms with Gasteiger partial charge in [-0.1, -0.05) is 81.4 Å². The van der Waals surface area contributed by atoms with Crippen LogP contribution in [-0.4, -0.2) is 91.9 Å². The summed E-state index contributed by atoms with van der Waals surface area (Å²) in [7, 11) is -2.97. The summed E-state index contributed by atoms with van der Waals surface area (Å²) < 4.78 is 57.6. The van der Waals surface area contributed by atoms with Crippen LogP contribution in [0.25, 0.3) is 0 Å². The van der Waals surface area contributed by atoms with Crippen molar-refractivity contribution < 1.29 is 22.4 Å². The lowest BCUT2D eigenvalue weighted by Gasteiger charge is -2.48. The summed E-state index contributed by atoms with van der Waals surface area (Å²) in [5.41, 5.74) is -0.824. The van der Waals surface area contributed by atoms with Crippen LogP contribution < -0.4 is 20.0 Å². The molecule has 1 unspecified atom stereocenters. The number of likely N-dealkylation sites (N-methyl/N-ethyl adjacent to an activating group) is 1. The van der Waals surface area contributed by atoms with Crippen molar-refractivity contribution in [2.45, 2.75) is 70.0 Å². The Morgan fingerprint density at radius 1 is 1.11 bits per heavy atom. The van der Waals surface area contributed by atoms with Crippen LogP contribution in [0, 0.1) is 11.3 Å². The van der Waals surface area contributed by atoms with Crippen LogP contribution in [-0.2, 0) is 9.16 Å². The average molecular weight is 622 g/mol. The predicted octanol–water partition coefficient (Wildman–Crippen LogP) is 3.72. The Balaban J connectivity index is 1.48. The SMILES string of the molecule is [2H]C([2H])([2H])N1C[C@H](F)C[C@H]1C(C)Oc1nc(C#N)nc(N2CCOC[C@@](C)(O[Si](c3ccccc3)(c3ccccc3)C(C)(C)C)C2)n1. The molecule has 44 heavy (non-hydrogen) atoms. The number of hydrogen-bond acceptors (Lipinski definition) is 9. The summed E-state index contributed by atoms with van der Waals surface area (Å²) >= 11 is 0. The number of halogens is 1. The number of nitriles is 1. The molecule has 0 N–H and O–H groups in total. The highest BCUT2D eigenvalue weighted by molar-refractivity contribution is 6.99. The summed E-state index contributed by atoms with van der Waals surface area (Å²) in [5, 5.41) is 11.8. The highest BCUT2D eigenvalue weighted by Gasteiger charge is 2.54. The van der Waals surface area contributed by atoms with Gasteiger partial charge in [0.15, 0.2) is 0 Å². The Morgan fingerprint density at radius 2 is 1.77 bits per heavy atom. The molecule has 234 valence electrons. The van der Waals surface area contributed by atoms with Gasteiger partial charge in [-0.2, -0.15) is 20.2 Å². The van der Waals surface area contributed by atoms with E-state index in [0.29, 0.717) is 26.3 Å². The first-order chi connectivity index (χ1) is 22.1. The number of ether oxygens (including phenoxy) is 2. The minimum atomic E-state index is -2.97. The third-order valence-corrected chi connectivity index (χ3v) is 13.6. The lowest BCUT2D eigenvalue weighted by molar-refractivity contribution is -0.000403. The smallest absolute Gasteiger partial charge is 0.322 e. The van der Waals surface area contributed by atoms with E-state index in [1.807, 2.05) is 54.3 Å². The number of likely N-dealkylation sites (tertiary alicyclic amines) is 1. The largest absolute Gasteiger partial charge is 0.459 e. The van der Waals surface area contributed by atoms with E-state index in [0.717, 1.165) is 15.3 Å². The monoisotopic (exact) mass is 621 g/mol. The normalized spacial score (nSPS) is 25.3. The molecule has 1 aromatic heterocycles. The third-order valence-electron chi connectivity index (χ3n) is 8.37. The van der Waals surface area contributed by atoms with Crippen LogP contribution in [0.15, 0.2) is 60.7 Å². The van der Waals surface area contributed by atoms with Gasteiger partial charge in [0.25, 0.3) is 8.32 Å². The molecule has 2 saturated heterocycles. The van der Waals surface area contributed by atoms with Gasteiger partial charge in [0, 0.05) is 23.2 Å². The van der Waals surface area contributed by atoms with Gasteiger partial charge in [-0.3, -0.25) is 4.90 Å². The van der Waals surface area contributed by atoms with Crippen molar-refractivity contribution in [1.82, 2.24) is 19.9 Å². The van der Waals surface area contributed by atoms with Gasteiger partial charge in [-0.15, -0.1) is 0 Å². The standard InChI is InChI=1S/C33H43FN6O3Si/c1-24(28-19-25(34)21-39(28)6)42-31-37-29(20-35)36-30(38-31)40-17-18-41-23-33(5,22-40)43-44(32(2,3)4,26-13-9-7-10-14-26)27-15-11-8-12-16-27/h7-16,24-25,28H,17-19,21-23H2,1-6H3/t24?,25-,28+,33+/m1/s1/i6D3. The maximum absolute atomic E-state index is 14.3. The van der Waals surface area contributed by atoms with E-state index in [1.165, 1.54) is 0 Å². The first-order valence-corrected chi connectivity index (χ1v) is 16.9. The lowest BCUT2D eigenvalue weighted by atomic mass is 10.1. The molecule has 4 atom stereocenters. The van der Waals surface area contributed by atoms with Crippen molar-refractivity contribution >= 4 is 24.6 Å². The number of benzene rings is 2. The molecule has 0 radical (unpaired) electrons. The lowest BCUT2D eigenvalue weighted by Crippen LogP contribution is -2.70. The van der Waals surface area contributed by atoms with Crippen molar-refractivity contribution in [2.75, 3.05) is 44.7 Å². The van der Waals surface area contributed by atoms with E-state index in [9.17, 15) is 9.65 Å². The molecule has 0 spiro atoms. The van der Waals surface area contributed by atoms with Gasteiger partial charge in [-0.05, 0) is 42.7 Å². The summed E-state index contributed by atoms with van der Waals surface area (Å²) in [4.78, 5) is 16.2. The highest BCUT2D eigenvalue weighted by Crippen LogP contribution is 2.40. The van der Waals surface area contributed by atoms with Crippen LogP contribution in [0.4, 0.5) is 10.3 Å². The Kier molecular flexibility index (Phi) is 8.22. The number of aromatic nitrogens is 3. The summed E-state index contributed by atoms with van der Waals surface area (Å²) in [5.74, 6) is 0.0587. The van der Waals surface area contributed by atoms with E-state index >= 15 is 0 Å². The summed E-state index contributed by atoms with van der Waals surface area (Å²) in [6, 6.07) is 21.9. The number of anilines is 1. The van der Waals surface area contributed by atoms with Crippen molar-refractivity contribution in [3.05, 3.63) is 66.5 Å². The highest BCUT2D eigenvalue weighted by atomic mass is 28.4. The zero-order valence-corrected chi connectivity index (χ0v) is 27.0. The molecule has 0 bridgehead atoms. The van der Waals surface area contributed by atoms with Gasteiger partial charge in [0.05, 0.1) is 25.4 Å². The molecule has 0 amide bonds. The van der Waals surface area contributed by atoms with E-state index < -0.39 is 39.2 Å². The second-order valence-electron chi connectivity index (χ2n) is 12.9. The topological polar surface area (TPSA) is 96.6 Å². The van der Waals surface area contributed by atoms with Crippen LogP contribution in [0.2, 0.25) is 5.04 Å². The molecule has 5 rings (SSSR count). The first kappa shape index (κ1) is 28.1. The molecule has 2 fully saturated rings. The molecule has 2 aliphatic rings. The van der Waals surface area contributed by atoms with Gasteiger partial charge in [0.2, 0.25) is 11.8 Å². The van der Waals surface area contributed by atoms with Crippen molar-refractivity contribution in [1.29, 1.82) is 5.26 Å². The Bertz CT molecular complexity index is 1520. The fourth-order valence-electron chi connectivity index (χ4n) is 6.34. The molecule has 2 aromatic carbocycles. The molecule has 11 heteroatoms. The molecular formula is C33H43FN6O3Si. The van der Waals surface area contributed by atoms with Crippen LogP contribution in [0.1, 0.15) is 51.0 Å². The molecule has 9 nitrogen and oxygen atoms in total. The minimum Gasteiger partial charge on any atom is -0.459 e. The Morgan fingerprint density at radius 3 is 2.36 bits per heavy atom. The molecule has 3 heterocycles. The zero-order valence-electron chi connectivity index (χ0n) is 29.0. The maximum Gasteiger partial charge on any atom is 0.322 e. The summed E-state index contributed by atoms with van der Waals surface area (Å²) in [6.45, 7) is 9.12. The second-order valence-corrected chi connectivity index (χ2v) is 17.1. The van der Waals surface area contributed by atoms with Crippen molar-refractivity contribution in [3.8, 4) is 12.1 Å². The van der Waals surface area contributed by atoms with Crippen molar-refractivity contribution in [2.24, 2.45) is 0 Å². The quantitative estimate of drug-likeness (QED) is 0.349.